The number of nitrogens with one attached hydrogen (secondary N) is 1. The standard InChI is InChI=1S/C13H19NO6S/c1-9(8-19-2)7-14-21(17,18)12-5-4-10(13(15)16)6-11(12)20-3/h4-6,9,14H,7-8H2,1-3H3,(H,15,16). The van der Waals surface area contributed by atoms with Gasteiger partial charge in [-0.25, -0.2) is 17.9 Å². The molecule has 7 nitrogen and oxygen atoms in total. The van der Waals surface area contributed by atoms with Gasteiger partial charge in [0.25, 0.3) is 0 Å². The molecule has 0 bridgehead atoms. The number of sulfonamides is 1. The van der Waals surface area contributed by atoms with Crippen molar-refractivity contribution < 1.29 is 27.8 Å². The molecule has 0 saturated heterocycles. The van der Waals surface area contributed by atoms with Crippen LogP contribution in [0.3, 0.4) is 0 Å². The van der Waals surface area contributed by atoms with Gasteiger partial charge in [-0.05, 0) is 24.1 Å². The Morgan fingerprint density at radius 1 is 1.38 bits per heavy atom. The molecule has 1 rings (SSSR count). The van der Waals surface area contributed by atoms with Gasteiger partial charge in [0, 0.05) is 20.3 Å². The summed E-state index contributed by atoms with van der Waals surface area (Å²) >= 11 is 0. The molecule has 2 N–H and O–H groups in total. The van der Waals surface area contributed by atoms with Crippen molar-refractivity contribution in [1.29, 1.82) is 0 Å². The highest BCUT2D eigenvalue weighted by Gasteiger charge is 2.21. The number of rotatable bonds is 8. The lowest BCUT2D eigenvalue weighted by Gasteiger charge is -2.14. The van der Waals surface area contributed by atoms with Crippen molar-refractivity contribution >= 4 is 16.0 Å². The van der Waals surface area contributed by atoms with Gasteiger partial charge >= 0.3 is 5.97 Å². The van der Waals surface area contributed by atoms with E-state index in [9.17, 15) is 13.2 Å². The summed E-state index contributed by atoms with van der Waals surface area (Å²) < 4.78 is 36.8. The highest BCUT2D eigenvalue weighted by Crippen LogP contribution is 2.25. The van der Waals surface area contributed by atoms with E-state index < -0.39 is 16.0 Å². The fourth-order valence-corrected chi connectivity index (χ4v) is 3.01. The Bertz CT molecular complexity index is 599. The molecule has 1 aromatic rings. The molecule has 0 aromatic heterocycles. The van der Waals surface area contributed by atoms with Crippen molar-refractivity contribution in [3.05, 3.63) is 23.8 Å². The van der Waals surface area contributed by atoms with Crippen LogP contribution in [-0.2, 0) is 14.8 Å². The molecular weight excluding hydrogens is 298 g/mol. The Balaban J connectivity index is 3.00. The van der Waals surface area contributed by atoms with E-state index >= 15 is 0 Å². The number of hydrogen-bond acceptors (Lipinski definition) is 5. The Kier molecular flexibility index (Phi) is 6.13. The van der Waals surface area contributed by atoms with Crippen LogP contribution in [0.15, 0.2) is 23.1 Å². The van der Waals surface area contributed by atoms with Crippen molar-refractivity contribution in [2.24, 2.45) is 5.92 Å². The maximum Gasteiger partial charge on any atom is 0.335 e. The summed E-state index contributed by atoms with van der Waals surface area (Å²) in [6.45, 7) is 2.48. The van der Waals surface area contributed by atoms with Crippen LogP contribution in [0.2, 0.25) is 0 Å². The number of methoxy groups -OCH3 is 2. The Morgan fingerprint density at radius 2 is 2.05 bits per heavy atom. The van der Waals surface area contributed by atoms with Crippen LogP contribution < -0.4 is 9.46 Å². The first-order chi connectivity index (χ1) is 9.81. The second kappa shape index (κ2) is 7.39. The minimum atomic E-state index is -3.78. The molecule has 0 aliphatic heterocycles. The molecule has 0 radical (unpaired) electrons. The molecule has 21 heavy (non-hydrogen) atoms. The zero-order valence-electron chi connectivity index (χ0n) is 12.1. The molecule has 8 heteroatoms. The SMILES string of the molecule is COCC(C)CNS(=O)(=O)c1ccc(C(=O)O)cc1OC. The molecule has 0 heterocycles. The van der Waals surface area contributed by atoms with Crippen LogP contribution in [0.25, 0.3) is 0 Å². The fourth-order valence-electron chi connectivity index (χ4n) is 1.70. The van der Waals surface area contributed by atoms with Crippen LogP contribution in [0, 0.1) is 5.92 Å². The van der Waals surface area contributed by atoms with E-state index in [2.05, 4.69) is 4.72 Å². The number of carboxylic acid groups (broad SMARTS) is 1. The third-order valence-electron chi connectivity index (χ3n) is 2.77. The highest BCUT2D eigenvalue weighted by atomic mass is 32.2. The van der Waals surface area contributed by atoms with Gasteiger partial charge in [0.05, 0.1) is 12.7 Å². The fraction of sp³-hybridized carbons (Fsp3) is 0.462. The molecule has 0 amide bonds. The van der Waals surface area contributed by atoms with E-state index in [0.29, 0.717) is 6.61 Å². The number of carbonyl (C=O) groups is 1. The van der Waals surface area contributed by atoms with Gasteiger partial charge in [0.1, 0.15) is 10.6 Å². The van der Waals surface area contributed by atoms with E-state index in [-0.39, 0.29) is 28.7 Å². The van der Waals surface area contributed by atoms with Gasteiger partial charge in [-0.2, -0.15) is 0 Å². The molecular formula is C13H19NO6S. The molecule has 118 valence electrons. The Hall–Kier alpha value is -1.64. The van der Waals surface area contributed by atoms with Gasteiger partial charge in [-0.3, -0.25) is 0 Å². The molecule has 0 aliphatic rings. The van der Waals surface area contributed by atoms with E-state index in [1.807, 2.05) is 6.92 Å². The summed E-state index contributed by atoms with van der Waals surface area (Å²) in [7, 11) is -0.957. The summed E-state index contributed by atoms with van der Waals surface area (Å²) in [5.74, 6) is -1.16. The predicted molar refractivity (Wildman–Crippen MR) is 76.2 cm³/mol. The maximum atomic E-state index is 12.2. The first-order valence-corrected chi connectivity index (χ1v) is 7.70. The summed E-state index contributed by atoms with van der Waals surface area (Å²) in [5.41, 5.74) is -0.0430. The molecule has 1 unspecified atom stereocenters. The molecule has 0 spiro atoms. The zero-order chi connectivity index (χ0) is 16.0. The van der Waals surface area contributed by atoms with E-state index in [4.69, 9.17) is 14.6 Å². The Labute approximate surface area is 123 Å². The molecule has 0 fully saturated rings. The van der Waals surface area contributed by atoms with Crippen molar-refractivity contribution in [3.8, 4) is 5.75 Å². The molecule has 1 atom stereocenters. The number of ether oxygens (including phenoxy) is 2. The van der Waals surface area contributed by atoms with E-state index in [0.717, 1.165) is 0 Å². The number of carboxylic acids is 1. The van der Waals surface area contributed by atoms with Gasteiger partial charge < -0.3 is 14.6 Å². The normalized spacial score (nSPS) is 12.9. The van der Waals surface area contributed by atoms with Crippen molar-refractivity contribution in [3.63, 3.8) is 0 Å². The minimum Gasteiger partial charge on any atom is -0.495 e. The third-order valence-corrected chi connectivity index (χ3v) is 4.24. The van der Waals surface area contributed by atoms with Crippen LogP contribution >= 0.6 is 0 Å². The second-order valence-corrected chi connectivity index (χ2v) is 6.32. The highest BCUT2D eigenvalue weighted by molar-refractivity contribution is 7.89. The first kappa shape index (κ1) is 17.4. The monoisotopic (exact) mass is 317 g/mol. The quantitative estimate of drug-likeness (QED) is 0.740. The zero-order valence-corrected chi connectivity index (χ0v) is 12.9. The molecule has 0 saturated carbocycles. The van der Waals surface area contributed by atoms with Crippen molar-refractivity contribution in [1.82, 2.24) is 4.72 Å². The predicted octanol–water partition coefficient (Wildman–Crippen LogP) is 0.954. The number of aromatic carboxylic acids is 1. The van der Waals surface area contributed by atoms with Crippen LogP contribution in [0.5, 0.6) is 5.75 Å². The maximum absolute atomic E-state index is 12.2. The van der Waals surface area contributed by atoms with Gasteiger partial charge in [0.15, 0.2) is 0 Å². The lowest BCUT2D eigenvalue weighted by molar-refractivity contribution is 0.0696. The average Bonchev–Trinajstić information content (AvgIpc) is 2.44. The van der Waals surface area contributed by atoms with Crippen LogP contribution in [0.1, 0.15) is 17.3 Å². The lowest BCUT2D eigenvalue weighted by atomic mass is 10.2. The summed E-state index contributed by atoms with van der Waals surface area (Å²) in [6.07, 6.45) is 0. The third kappa shape index (κ3) is 4.69. The number of benzene rings is 1. The average molecular weight is 317 g/mol. The molecule has 0 aliphatic carbocycles. The number of hydrogen-bond donors (Lipinski definition) is 2. The summed E-state index contributed by atoms with van der Waals surface area (Å²) in [6, 6.07) is 3.61. The summed E-state index contributed by atoms with van der Waals surface area (Å²) in [5, 5.41) is 8.90. The Morgan fingerprint density at radius 3 is 2.57 bits per heavy atom. The largest absolute Gasteiger partial charge is 0.495 e. The van der Waals surface area contributed by atoms with Crippen LogP contribution in [0.4, 0.5) is 0 Å². The topological polar surface area (TPSA) is 102 Å². The minimum absolute atomic E-state index is 0.00839. The smallest absolute Gasteiger partial charge is 0.335 e. The first-order valence-electron chi connectivity index (χ1n) is 6.21. The van der Waals surface area contributed by atoms with Gasteiger partial charge in [-0.15, -0.1) is 0 Å². The summed E-state index contributed by atoms with van der Waals surface area (Å²) in [4.78, 5) is 10.8. The van der Waals surface area contributed by atoms with Gasteiger partial charge in [-0.1, -0.05) is 6.92 Å². The lowest BCUT2D eigenvalue weighted by Crippen LogP contribution is -2.30. The second-order valence-electron chi connectivity index (χ2n) is 4.58. The van der Waals surface area contributed by atoms with E-state index in [1.54, 1.807) is 7.11 Å². The van der Waals surface area contributed by atoms with Crippen molar-refractivity contribution in [2.75, 3.05) is 27.4 Å². The van der Waals surface area contributed by atoms with Crippen LogP contribution in [-0.4, -0.2) is 46.9 Å². The van der Waals surface area contributed by atoms with Crippen molar-refractivity contribution in [2.45, 2.75) is 11.8 Å². The van der Waals surface area contributed by atoms with Gasteiger partial charge in [0.2, 0.25) is 10.0 Å². The van der Waals surface area contributed by atoms with E-state index in [1.165, 1.54) is 25.3 Å². The molecule has 1 aromatic carbocycles.